The molecule has 3 aromatic rings. The number of carboxylic acid groups (broad SMARTS) is 1. The molecule has 5 atom stereocenters. The van der Waals surface area contributed by atoms with Crippen LogP contribution in [0.4, 0.5) is 8.78 Å². The van der Waals surface area contributed by atoms with E-state index < -0.39 is 108 Å². The number of carbonyl (C=O) groups is 8. The highest BCUT2D eigenvalue weighted by molar-refractivity contribution is 6.38. The maximum Gasteiger partial charge on any atom is 0.303 e. The Morgan fingerprint density at radius 2 is 1.49 bits per heavy atom. The van der Waals surface area contributed by atoms with Gasteiger partial charge in [-0.2, -0.15) is 0 Å². The SMILES string of the molecule is CCCC(NC(=O)C1CC(OCc2ccccc2)CN1C(=O)C(CCCC(=O)O)NC(=O)c1c(F)cccc1F)C(=O)C(=O)NCC(=O)NC(C(N)=O)c1ccccc1. The topological polar surface area (TPSA) is 243 Å². The normalized spacial score (nSPS) is 16.2. The smallest absolute Gasteiger partial charge is 0.303 e. The maximum absolute atomic E-state index is 14.6. The monoisotopic (exact) mass is 820 g/mol. The average Bonchev–Trinajstić information content (AvgIpc) is 3.65. The molecule has 1 aliphatic heterocycles. The molecule has 0 spiro atoms. The van der Waals surface area contributed by atoms with Crippen molar-refractivity contribution in [3.05, 3.63) is 107 Å². The third kappa shape index (κ3) is 13.0. The first-order valence-corrected chi connectivity index (χ1v) is 18.9. The Hall–Kier alpha value is -6.56. The third-order valence-corrected chi connectivity index (χ3v) is 9.42. The third-order valence-electron chi connectivity index (χ3n) is 9.42. The van der Waals surface area contributed by atoms with Crippen LogP contribution in [0.1, 0.15) is 73.0 Å². The number of primary amides is 1. The number of nitrogens with zero attached hydrogens (tertiary/aromatic N) is 1. The van der Waals surface area contributed by atoms with Crippen molar-refractivity contribution in [1.29, 1.82) is 0 Å². The van der Waals surface area contributed by atoms with Gasteiger partial charge in [-0.3, -0.25) is 38.4 Å². The van der Waals surface area contributed by atoms with Crippen LogP contribution >= 0.6 is 0 Å². The molecule has 16 nitrogen and oxygen atoms in total. The second-order valence-electron chi connectivity index (χ2n) is 13.8. The molecule has 3 aromatic carbocycles. The number of ketones is 1. The number of benzene rings is 3. The number of carbonyl (C=O) groups excluding carboxylic acids is 7. The van der Waals surface area contributed by atoms with E-state index in [1.165, 1.54) is 0 Å². The molecule has 0 aromatic heterocycles. The molecule has 0 bridgehead atoms. The van der Waals surface area contributed by atoms with E-state index in [1.807, 2.05) is 0 Å². The van der Waals surface area contributed by atoms with Crippen molar-refractivity contribution >= 4 is 47.2 Å². The fraction of sp³-hybridized carbons (Fsp3) is 0.366. The second-order valence-corrected chi connectivity index (χ2v) is 13.8. The number of nitrogens with one attached hydrogen (secondary N) is 4. The van der Waals surface area contributed by atoms with Gasteiger partial charge in [-0.1, -0.05) is 80.1 Å². The summed E-state index contributed by atoms with van der Waals surface area (Å²) in [6.07, 6.45) is -1.44. The minimum atomic E-state index is -1.55. The molecular weight excluding hydrogens is 774 g/mol. The van der Waals surface area contributed by atoms with E-state index >= 15 is 0 Å². The molecule has 1 heterocycles. The molecule has 0 radical (unpaired) electrons. The van der Waals surface area contributed by atoms with Gasteiger partial charge in [-0.05, 0) is 42.5 Å². The van der Waals surface area contributed by atoms with E-state index in [4.69, 9.17) is 10.5 Å². The minimum absolute atomic E-state index is 0.0291. The molecule has 314 valence electrons. The van der Waals surface area contributed by atoms with Crippen LogP contribution in [0.15, 0.2) is 78.9 Å². The predicted octanol–water partition coefficient (Wildman–Crippen LogP) is 1.82. The zero-order chi connectivity index (χ0) is 43.1. The van der Waals surface area contributed by atoms with E-state index in [0.717, 1.165) is 28.7 Å². The van der Waals surface area contributed by atoms with Crippen LogP contribution < -0.4 is 27.0 Å². The van der Waals surface area contributed by atoms with Crippen molar-refractivity contribution in [2.75, 3.05) is 13.1 Å². The van der Waals surface area contributed by atoms with Gasteiger partial charge in [0.15, 0.2) is 0 Å². The molecule has 7 N–H and O–H groups in total. The second kappa shape index (κ2) is 21.8. The number of amides is 6. The largest absolute Gasteiger partial charge is 0.481 e. The maximum atomic E-state index is 14.6. The summed E-state index contributed by atoms with van der Waals surface area (Å²) in [5.74, 6) is -10.7. The van der Waals surface area contributed by atoms with Crippen LogP contribution in [-0.2, 0) is 44.9 Å². The van der Waals surface area contributed by atoms with Crippen molar-refractivity contribution in [3.63, 3.8) is 0 Å². The molecule has 5 unspecified atom stereocenters. The summed E-state index contributed by atoms with van der Waals surface area (Å²) in [6.45, 7) is 0.849. The quantitative estimate of drug-likeness (QED) is 0.0852. The molecular formula is C41H46F2N6O10. The molecule has 1 fully saturated rings. The highest BCUT2D eigenvalue weighted by Crippen LogP contribution is 2.25. The number of rotatable bonds is 21. The van der Waals surface area contributed by atoms with E-state index in [0.29, 0.717) is 12.0 Å². The first-order valence-electron chi connectivity index (χ1n) is 18.9. The van der Waals surface area contributed by atoms with E-state index in [9.17, 15) is 52.2 Å². The lowest BCUT2D eigenvalue weighted by molar-refractivity contribution is -0.143. The summed E-state index contributed by atoms with van der Waals surface area (Å²) in [7, 11) is 0. The number of halogens is 2. The highest BCUT2D eigenvalue weighted by Gasteiger charge is 2.44. The number of nitrogens with two attached hydrogens (primary N) is 1. The van der Waals surface area contributed by atoms with Gasteiger partial charge < -0.3 is 41.7 Å². The summed E-state index contributed by atoms with van der Waals surface area (Å²) < 4.78 is 35.2. The number of ether oxygens (including phenoxy) is 1. The number of aliphatic carboxylic acids is 1. The van der Waals surface area contributed by atoms with Crippen LogP contribution in [0.2, 0.25) is 0 Å². The van der Waals surface area contributed by atoms with Crippen molar-refractivity contribution in [1.82, 2.24) is 26.2 Å². The van der Waals surface area contributed by atoms with Crippen LogP contribution in [0.3, 0.4) is 0 Å². The first-order chi connectivity index (χ1) is 28.2. The predicted molar refractivity (Wildman–Crippen MR) is 206 cm³/mol. The number of carboxylic acids is 1. The Balaban J connectivity index is 1.52. The van der Waals surface area contributed by atoms with Crippen LogP contribution in [0.5, 0.6) is 0 Å². The van der Waals surface area contributed by atoms with Gasteiger partial charge in [0, 0.05) is 19.4 Å². The Morgan fingerprint density at radius 3 is 2.10 bits per heavy atom. The van der Waals surface area contributed by atoms with E-state index in [1.54, 1.807) is 67.6 Å². The van der Waals surface area contributed by atoms with Crippen molar-refractivity contribution in [2.24, 2.45) is 5.73 Å². The van der Waals surface area contributed by atoms with Gasteiger partial charge in [-0.15, -0.1) is 0 Å². The minimum Gasteiger partial charge on any atom is -0.481 e. The standard InChI is InChI=1S/C41H46F2N6O10/c1-2-11-29(36(53)40(57)45-21-32(50)48-35(37(44)54)25-14-7-4-8-15-25)46-38(55)31-20-26(59-23-24-12-5-3-6-13-24)22-49(31)41(58)30(18-10-19-33(51)52)47-39(56)34-27(42)16-9-17-28(34)43/h3-9,12-17,26,29-31,35H,2,10-11,18-23H2,1H3,(H2,44,54)(H,45,57)(H,46,55)(H,47,56)(H,48,50)(H,51,52). The van der Waals surface area contributed by atoms with Crippen molar-refractivity contribution in [3.8, 4) is 0 Å². The molecule has 59 heavy (non-hydrogen) atoms. The number of Topliss-reactive ketones (excluding diaryl/α,β-unsaturated/α-hetero) is 1. The van der Waals surface area contributed by atoms with Crippen molar-refractivity contribution < 1.29 is 57.0 Å². The van der Waals surface area contributed by atoms with E-state index in [2.05, 4.69) is 21.3 Å². The van der Waals surface area contributed by atoms with Gasteiger partial charge in [0.05, 0.1) is 25.3 Å². The molecule has 6 amide bonds. The highest BCUT2D eigenvalue weighted by atomic mass is 19.1. The summed E-state index contributed by atoms with van der Waals surface area (Å²) in [6, 6.07) is 14.3. The number of hydrogen-bond donors (Lipinski definition) is 6. The molecule has 18 heteroatoms. The van der Waals surface area contributed by atoms with Gasteiger partial charge >= 0.3 is 5.97 Å². The summed E-state index contributed by atoms with van der Waals surface area (Å²) in [5, 5.41) is 18.6. The van der Waals surface area contributed by atoms with Gasteiger partial charge in [0.2, 0.25) is 29.4 Å². The fourth-order valence-electron chi connectivity index (χ4n) is 6.47. The number of hydrogen-bond acceptors (Lipinski definition) is 9. The molecule has 0 aliphatic carbocycles. The zero-order valence-corrected chi connectivity index (χ0v) is 32.2. The van der Waals surface area contributed by atoms with Gasteiger partial charge in [-0.25, -0.2) is 8.78 Å². The lowest BCUT2D eigenvalue weighted by Gasteiger charge is -2.29. The fourth-order valence-corrected chi connectivity index (χ4v) is 6.47. The van der Waals surface area contributed by atoms with E-state index in [-0.39, 0.29) is 38.8 Å². The number of likely N-dealkylation sites (tertiary alicyclic amines) is 1. The Labute approximate surface area is 338 Å². The Morgan fingerprint density at radius 1 is 0.847 bits per heavy atom. The Kier molecular flexibility index (Phi) is 16.7. The molecule has 4 rings (SSSR count). The Bertz CT molecular complexity index is 1980. The van der Waals surface area contributed by atoms with Crippen molar-refractivity contribution in [2.45, 2.75) is 82.3 Å². The molecule has 1 aliphatic rings. The average molecular weight is 821 g/mol. The van der Waals surface area contributed by atoms with Crippen LogP contribution in [0, 0.1) is 11.6 Å². The summed E-state index contributed by atoms with van der Waals surface area (Å²) >= 11 is 0. The summed E-state index contributed by atoms with van der Waals surface area (Å²) in [5.41, 5.74) is 5.64. The van der Waals surface area contributed by atoms with Gasteiger partial charge in [0.25, 0.3) is 11.8 Å². The lowest BCUT2D eigenvalue weighted by Crippen LogP contribution is -2.56. The first kappa shape index (κ1) is 45.1. The van der Waals surface area contributed by atoms with Crippen LogP contribution in [-0.4, -0.2) is 94.5 Å². The van der Waals surface area contributed by atoms with Crippen LogP contribution in [0.25, 0.3) is 0 Å². The molecule has 1 saturated heterocycles. The lowest BCUT2D eigenvalue weighted by atomic mass is 10.0. The zero-order valence-electron chi connectivity index (χ0n) is 32.2. The molecule has 0 saturated carbocycles. The summed E-state index contributed by atoms with van der Waals surface area (Å²) in [4.78, 5) is 105. The van der Waals surface area contributed by atoms with Gasteiger partial charge in [0.1, 0.15) is 35.3 Å².